The molecule has 0 fully saturated rings. The highest BCUT2D eigenvalue weighted by Gasteiger charge is 2.08. The number of aliphatic carboxylic acids is 1. The van der Waals surface area contributed by atoms with Gasteiger partial charge in [-0.1, -0.05) is 4.68 Å². The Labute approximate surface area is 120 Å². The molecule has 0 amide bonds. The number of aryl methyl sites for hydroxylation is 1. The molecule has 2 aromatic heterocycles. The standard InChI is InChI=1S/C14H15N3O4/c18-8-7-16-4-1-11(9-13(16)19)12-2-5-17(15-10-12)6-3-14(20)21/h1-2,4-5,9-10,18H,3,6-8H2/p+1. The lowest BCUT2D eigenvalue weighted by atomic mass is 10.1. The van der Waals surface area contributed by atoms with E-state index < -0.39 is 5.97 Å². The van der Waals surface area contributed by atoms with Crippen LogP contribution in [0.1, 0.15) is 6.42 Å². The first kappa shape index (κ1) is 14.9. The van der Waals surface area contributed by atoms with Gasteiger partial charge in [-0.25, -0.2) is 0 Å². The van der Waals surface area contributed by atoms with Crippen LogP contribution < -0.4 is 10.2 Å². The van der Waals surface area contributed by atoms with E-state index in [0.29, 0.717) is 6.54 Å². The van der Waals surface area contributed by atoms with Crippen LogP contribution in [0.2, 0.25) is 0 Å². The second-order valence-electron chi connectivity index (χ2n) is 4.49. The summed E-state index contributed by atoms with van der Waals surface area (Å²) in [6.45, 7) is 0.477. The van der Waals surface area contributed by atoms with Crippen LogP contribution in [0.5, 0.6) is 0 Å². The van der Waals surface area contributed by atoms with Gasteiger partial charge >= 0.3 is 5.97 Å². The van der Waals surface area contributed by atoms with E-state index in [-0.39, 0.29) is 25.1 Å². The van der Waals surface area contributed by atoms with Crippen molar-refractivity contribution in [2.45, 2.75) is 19.5 Å². The molecular formula is C14H16N3O4+. The average Bonchev–Trinajstić information content (AvgIpc) is 2.48. The molecule has 0 aromatic carbocycles. The molecule has 0 bridgehead atoms. The first-order chi connectivity index (χ1) is 10.1. The van der Waals surface area contributed by atoms with Crippen LogP contribution in [0.4, 0.5) is 0 Å². The van der Waals surface area contributed by atoms with Crippen molar-refractivity contribution in [3.63, 3.8) is 0 Å². The highest BCUT2D eigenvalue weighted by molar-refractivity contribution is 5.66. The molecule has 2 heterocycles. The summed E-state index contributed by atoms with van der Waals surface area (Å²) in [5.74, 6) is -0.874. The third-order valence-electron chi connectivity index (χ3n) is 3.00. The smallest absolute Gasteiger partial charge is 0.309 e. The Hall–Kier alpha value is -2.54. The van der Waals surface area contributed by atoms with E-state index in [9.17, 15) is 9.59 Å². The number of aromatic nitrogens is 3. The van der Waals surface area contributed by atoms with Crippen LogP contribution in [0.15, 0.2) is 41.6 Å². The molecular weight excluding hydrogens is 274 g/mol. The third-order valence-corrected chi connectivity index (χ3v) is 3.00. The Bertz CT molecular complexity index is 679. The predicted octanol–water partition coefficient (Wildman–Crippen LogP) is -0.335. The molecule has 0 aliphatic heterocycles. The van der Waals surface area contributed by atoms with Crippen molar-refractivity contribution in [2.24, 2.45) is 0 Å². The fraction of sp³-hybridized carbons (Fsp3) is 0.286. The van der Waals surface area contributed by atoms with Gasteiger partial charge in [0, 0.05) is 30.4 Å². The normalized spacial score (nSPS) is 10.5. The van der Waals surface area contributed by atoms with Gasteiger partial charge in [0.25, 0.3) is 5.56 Å². The molecule has 21 heavy (non-hydrogen) atoms. The Morgan fingerprint density at radius 1 is 1.33 bits per heavy atom. The molecule has 7 nitrogen and oxygen atoms in total. The lowest BCUT2D eigenvalue weighted by Gasteiger charge is -2.04. The molecule has 0 saturated carbocycles. The number of nitrogens with zero attached hydrogens (tertiary/aromatic N) is 3. The summed E-state index contributed by atoms with van der Waals surface area (Å²) in [5, 5.41) is 21.6. The maximum atomic E-state index is 11.8. The Morgan fingerprint density at radius 2 is 2.14 bits per heavy atom. The van der Waals surface area contributed by atoms with Crippen LogP contribution >= 0.6 is 0 Å². The predicted molar refractivity (Wildman–Crippen MR) is 73.5 cm³/mol. The topological polar surface area (TPSA) is 96.3 Å². The van der Waals surface area contributed by atoms with E-state index in [1.165, 1.54) is 15.3 Å². The number of carboxylic acid groups (broad SMARTS) is 1. The molecule has 0 aliphatic rings. The highest BCUT2D eigenvalue weighted by Crippen LogP contribution is 2.14. The van der Waals surface area contributed by atoms with Crippen molar-refractivity contribution in [3.05, 3.63) is 47.1 Å². The van der Waals surface area contributed by atoms with Gasteiger partial charge in [0.1, 0.15) is 12.6 Å². The molecule has 2 N–H and O–H groups in total. The minimum Gasteiger partial charge on any atom is -0.481 e. The van der Waals surface area contributed by atoms with Crippen molar-refractivity contribution in [3.8, 4) is 11.1 Å². The number of carboxylic acids is 1. The molecule has 0 spiro atoms. The van der Waals surface area contributed by atoms with E-state index in [2.05, 4.69) is 5.10 Å². The monoisotopic (exact) mass is 290 g/mol. The van der Waals surface area contributed by atoms with Gasteiger partial charge in [0.15, 0.2) is 12.7 Å². The molecule has 2 aromatic rings. The van der Waals surface area contributed by atoms with E-state index in [1.807, 2.05) is 0 Å². The summed E-state index contributed by atoms with van der Waals surface area (Å²) in [5.41, 5.74) is 1.31. The quantitative estimate of drug-likeness (QED) is 0.710. The van der Waals surface area contributed by atoms with E-state index in [0.717, 1.165) is 11.1 Å². The van der Waals surface area contributed by atoms with Crippen molar-refractivity contribution in [1.29, 1.82) is 0 Å². The number of aliphatic hydroxyl groups excluding tert-OH is 1. The van der Waals surface area contributed by atoms with Crippen LogP contribution in [-0.4, -0.2) is 32.5 Å². The molecule has 2 rings (SSSR count). The summed E-state index contributed by atoms with van der Waals surface area (Å²) < 4.78 is 2.96. The van der Waals surface area contributed by atoms with Gasteiger partial charge in [-0.3, -0.25) is 9.59 Å². The SMILES string of the molecule is O=C(O)CC[n+]1ccc(-c2ccn(CCO)c(=O)c2)cn1. The average molecular weight is 290 g/mol. The van der Waals surface area contributed by atoms with E-state index >= 15 is 0 Å². The van der Waals surface area contributed by atoms with E-state index in [4.69, 9.17) is 10.2 Å². The van der Waals surface area contributed by atoms with Crippen LogP contribution in [0.3, 0.4) is 0 Å². The van der Waals surface area contributed by atoms with Gasteiger partial charge in [-0.2, -0.15) is 0 Å². The number of hydrogen-bond acceptors (Lipinski definition) is 4. The largest absolute Gasteiger partial charge is 0.481 e. The van der Waals surface area contributed by atoms with Gasteiger partial charge in [0.2, 0.25) is 0 Å². The lowest BCUT2D eigenvalue weighted by molar-refractivity contribution is -0.752. The zero-order valence-electron chi connectivity index (χ0n) is 11.3. The number of aliphatic hydroxyl groups is 1. The number of carbonyl (C=O) groups is 1. The Kier molecular flexibility index (Phi) is 4.78. The first-order valence-corrected chi connectivity index (χ1v) is 6.49. The van der Waals surface area contributed by atoms with Crippen molar-refractivity contribution in [2.75, 3.05) is 6.61 Å². The zero-order chi connectivity index (χ0) is 15.2. The summed E-state index contributed by atoms with van der Waals surface area (Å²) >= 11 is 0. The minimum atomic E-state index is -0.874. The Morgan fingerprint density at radius 3 is 2.71 bits per heavy atom. The van der Waals surface area contributed by atoms with Gasteiger partial charge < -0.3 is 14.8 Å². The summed E-state index contributed by atoms with van der Waals surface area (Å²) in [6.07, 6.45) is 4.90. The van der Waals surface area contributed by atoms with Gasteiger partial charge in [-0.15, -0.1) is 0 Å². The number of pyridine rings is 1. The number of rotatable bonds is 6. The summed E-state index contributed by atoms with van der Waals surface area (Å²) in [4.78, 5) is 22.3. The molecule has 0 aliphatic carbocycles. The third kappa shape index (κ3) is 3.96. The molecule has 7 heteroatoms. The van der Waals surface area contributed by atoms with Crippen LogP contribution in [0.25, 0.3) is 11.1 Å². The molecule has 110 valence electrons. The molecule has 0 unspecified atom stereocenters. The fourth-order valence-electron chi connectivity index (χ4n) is 1.88. The zero-order valence-corrected chi connectivity index (χ0v) is 11.3. The van der Waals surface area contributed by atoms with Gasteiger partial charge in [-0.05, 0) is 16.7 Å². The van der Waals surface area contributed by atoms with Crippen molar-refractivity contribution in [1.82, 2.24) is 9.67 Å². The lowest BCUT2D eigenvalue weighted by Crippen LogP contribution is -2.38. The Balaban J connectivity index is 2.17. The maximum absolute atomic E-state index is 11.8. The van der Waals surface area contributed by atoms with Crippen molar-refractivity contribution < 1.29 is 19.7 Å². The second-order valence-corrected chi connectivity index (χ2v) is 4.49. The molecule has 0 atom stereocenters. The highest BCUT2D eigenvalue weighted by atomic mass is 16.4. The maximum Gasteiger partial charge on any atom is 0.309 e. The van der Waals surface area contributed by atoms with Crippen LogP contribution in [0, 0.1) is 0 Å². The van der Waals surface area contributed by atoms with E-state index in [1.54, 1.807) is 30.7 Å². The first-order valence-electron chi connectivity index (χ1n) is 6.49. The molecule has 0 radical (unpaired) electrons. The van der Waals surface area contributed by atoms with Crippen LogP contribution in [-0.2, 0) is 17.9 Å². The second kappa shape index (κ2) is 6.76. The van der Waals surface area contributed by atoms with Crippen molar-refractivity contribution >= 4 is 5.97 Å². The summed E-state index contributed by atoms with van der Waals surface area (Å²) in [7, 11) is 0. The van der Waals surface area contributed by atoms with Gasteiger partial charge in [0.05, 0.1) is 6.61 Å². The fourth-order valence-corrected chi connectivity index (χ4v) is 1.88. The molecule has 0 saturated heterocycles. The minimum absolute atomic E-state index is 0.00815. The summed E-state index contributed by atoms with van der Waals surface area (Å²) in [6, 6.07) is 5.03. The number of hydrogen-bond donors (Lipinski definition) is 2.